The summed E-state index contributed by atoms with van der Waals surface area (Å²) in [6, 6.07) is 11.6. The Morgan fingerprint density at radius 2 is 2.05 bits per heavy atom. The van der Waals surface area contributed by atoms with Gasteiger partial charge in [0.1, 0.15) is 11.5 Å². The van der Waals surface area contributed by atoms with Crippen LogP contribution < -0.4 is 4.74 Å². The minimum absolute atomic E-state index is 0.584. The summed E-state index contributed by atoms with van der Waals surface area (Å²) in [7, 11) is 0. The van der Waals surface area contributed by atoms with Crippen molar-refractivity contribution in [3.05, 3.63) is 54.5 Å². The summed E-state index contributed by atoms with van der Waals surface area (Å²) in [6.45, 7) is 3.60. The Balaban J connectivity index is 1.86. The molecule has 0 aliphatic heterocycles. The van der Waals surface area contributed by atoms with E-state index in [1.807, 2.05) is 30.3 Å². The lowest BCUT2D eigenvalue weighted by molar-refractivity contribution is 0.0801. The molecule has 3 aromatic rings. The highest BCUT2D eigenvalue weighted by Gasteiger charge is 2.15. The number of H-pyrrole nitrogens is 1. The lowest BCUT2D eigenvalue weighted by Crippen LogP contribution is -2.21. The molecule has 1 aromatic carbocycles. The van der Waals surface area contributed by atoms with Gasteiger partial charge in [-0.2, -0.15) is 0 Å². The Morgan fingerprint density at radius 3 is 2.76 bits per heavy atom. The van der Waals surface area contributed by atoms with E-state index in [-0.39, 0.29) is 0 Å². The summed E-state index contributed by atoms with van der Waals surface area (Å²) in [5.41, 5.74) is 1.28. The Kier molecular flexibility index (Phi) is 3.39. The van der Waals surface area contributed by atoms with E-state index in [1.54, 1.807) is 26.2 Å². The van der Waals surface area contributed by atoms with Crippen molar-refractivity contribution in [2.24, 2.45) is 0 Å². The molecule has 0 amide bonds. The van der Waals surface area contributed by atoms with Gasteiger partial charge in [0.15, 0.2) is 0 Å². The zero-order valence-electron chi connectivity index (χ0n) is 12.1. The normalized spacial score (nSPS) is 11.8. The van der Waals surface area contributed by atoms with Crippen molar-refractivity contribution in [3.8, 4) is 11.5 Å². The van der Waals surface area contributed by atoms with E-state index in [0.29, 0.717) is 12.2 Å². The number of aromatic nitrogens is 2. The highest BCUT2D eigenvalue weighted by atomic mass is 16.5. The third-order valence-corrected chi connectivity index (χ3v) is 3.14. The summed E-state index contributed by atoms with van der Waals surface area (Å²) in [4.78, 5) is 7.35. The molecule has 0 atom stereocenters. The number of ether oxygens (including phenoxy) is 1. The van der Waals surface area contributed by atoms with E-state index in [0.717, 1.165) is 22.3 Å². The Morgan fingerprint density at radius 1 is 1.19 bits per heavy atom. The number of hydrogen-bond acceptors (Lipinski definition) is 3. The maximum absolute atomic E-state index is 9.89. The van der Waals surface area contributed by atoms with Crippen LogP contribution in [-0.2, 0) is 6.42 Å². The van der Waals surface area contributed by atoms with E-state index in [1.165, 1.54) is 0 Å². The van der Waals surface area contributed by atoms with E-state index in [9.17, 15) is 5.11 Å². The van der Waals surface area contributed by atoms with Crippen molar-refractivity contribution in [1.29, 1.82) is 0 Å². The average molecular weight is 282 g/mol. The van der Waals surface area contributed by atoms with Crippen LogP contribution in [0.1, 0.15) is 19.5 Å². The molecular formula is C17H18N2O2. The van der Waals surface area contributed by atoms with E-state index < -0.39 is 5.60 Å². The smallest absolute Gasteiger partial charge is 0.145 e. The van der Waals surface area contributed by atoms with Crippen LogP contribution in [0.3, 0.4) is 0 Å². The Bertz CT molecular complexity index is 742. The van der Waals surface area contributed by atoms with Gasteiger partial charge in [0, 0.05) is 29.9 Å². The number of pyridine rings is 1. The second-order valence-corrected chi connectivity index (χ2v) is 5.82. The fraction of sp³-hybridized carbons (Fsp3) is 0.235. The number of fused-ring (bicyclic) bond motifs is 1. The van der Waals surface area contributed by atoms with Crippen LogP contribution in [0.25, 0.3) is 10.9 Å². The number of nitrogens with zero attached hydrogens (tertiary/aromatic N) is 1. The van der Waals surface area contributed by atoms with Crippen molar-refractivity contribution in [2.45, 2.75) is 25.9 Å². The van der Waals surface area contributed by atoms with Gasteiger partial charge in [0.2, 0.25) is 0 Å². The molecule has 0 spiro atoms. The van der Waals surface area contributed by atoms with Gasteiger partial charge in [-0.3, -0.25) is 4.98 Å². The van der Waals surface area contributed by atoms with E-state index >= 15 is 0 Å². The van der Waals surface area contributed by atoms with E-state index in [2.05, 4.69) is 16.0 Å². The molecule has 3 rings (SSSR count). The standard InChI is InChI=1S/C17H18N2O2/c1-17(2,20)10-13-8-12-5-6-14(9-16(12)19-13)21-15-4-3-7-18-11-15/h3-9,11,19-20H,10H2,1-2H3. The molecule has 4 heteroatoms. The van der Waals surface area contributed by atoms with Gasteiger partial charge in [0.25, 0.3) is 0 Å². The van der Waals surface area contributed by atoms with Crippen molar-refractivity contribution >= 4 is 10.9 Å². The predicted molar refractivity (Wildman–Crippen MR) is 82.6 cm³/mol. The first-order valence-electron chi connectivity index (χ1n) is 6.91. The van der Waals surface area contributed by atoms with Crippen LogP contribution in [0.2, 0.25) is 0 Å². The predicted octanol–water partition coefficient (Wildman–Crippen LogP) is 3.67. The number of rotatable bonds is 4. The quantitative estimate of drug-likeness (QED) is 0.767. The first-order chi connectivity index (χ1) is 9.99. The first-order valence-corrected chi connectivity index (χ1v) is 6.91. The molecule has 0 aliphatic carbocycles. The second-order valence-electron chi connectivity index (χ2n) is 5.82. The molecule has 0 radical (unpaired) electrons. The molecule has 0 unspecified atom stereocenters. The lowest BCUT2D eigenvalue weighted by Gasteiger charge is -2.15. The molecule has 4 nitrogen and oxygen atoms in total. The SMILES string of the molecule is CC(C)(O)Cc1cc2ccc(Oc3cccnc3)cc2[nH]1. The van der Waals surface area contributed by atoms with Crippen LogP contribution >= 0.6 is 0 Å². The van der Waals surface area contributed by atoms with Crippen LogP contribution in [0.5, 0.6) is 11.5 Å². The minimum atomic E-state index is -0.726. The maximum atomic E-state index is 9.89. The van der Waals surface area contributed by atoms with Gasteiger partial charge >= 0.3 is 0 Å². The first kappa shape index (κ1) is 13.6. The molecule has 0 saturated carbocycles. The summed E-state index contributed by atoms with van der Waals surface area (Å²) >= 11 is 0. The van der Waals surface area contributed by atoms with Gasteiger partial charge in [-0.15, -0.1) is 0 Å². The molecular weight excluding hydrogens is 264 g/mol. The molecule has 0 fully saturated rings. The molecule has 0 aliphatic rings. The number of aromatic amines is 1. The van der Waals surface area contributed by atoms with Crippen molar-refractivity contribution in [3.63, 3.8) is 0 Å². The van der Waals surface area contributed by atoms with Gasteiger partial charge in [-0.25, -0.2) is 0 Å². The van der Waals surface area contributed by atoms with Gasteiger partial charge in [0.05, 0.1) is 11.8 Å². The third-order valence-electron chi connectivity index (χ3n) is 3.14. The van der Waals surface area contributed by atoms with Crippen LogP contribution in [0, 0.1) is 0 Å². The molecule has 2 aromatic heterocycles. The lowest BCUT2D eigenvalue weighted by atomic mass is 10.0. The summed E-state index contributed by atoms with van der Waals surface area (Å²) in [5.74, 6) is 1.47. The molecule has 21 heavy (non-hydrogen) atoms. The summed E-state index contributed by atoms with van der Waals surface area (Å²) in [6.07, 6.45) is 3.98. The fourth-order valence-corrected chi connectivity index (χ4v) is 2.33. The molecule has 2 heterocycles. The van der Waals surface area contributed by atoms with Gasteiger partial charge in [-0.1, -0.05) is 0 Å². The molecule has 0 bridgehead atoms. The average Bonchev–Trinajstić information content (AvgIpc) is 2.79. The van der Waals surface area contributed by atoms with Gasteiger partial charge in [-0.05, 0) is 49.6 Å². The zero-order chi connectivity index (χ0) is 14.9. The fourth-order valence-electron chi connectivity index (χ4n) is 2.33. The topological polar surface area (TPSA) is 58.1 Å². The van der Waals surface area contributed by atoms with Crippen molar-refractivity contribution in [2.75, 3.05) is 0 Å². The van der Waals surface area contributed by atoms with Crippen LogP contribution in [0.4, 0.5) is 0 Å². The third kappa shape index (κ3) is 3.41. The number of nitrogens with one attached hydrogen (secondary N) is 1. The van der Waals surface area contributed by atoms with Crippen LogP contribution in [-0.4, -0.2) is 20.7 Å². The number of benzene rings is 1. The molecule has 108 valence electrons. The highest BCUT2D eigenvalue weighted by molar-refractivity contribution is 5.82. The molecule has 0 saturated heterocycles. The zero-order valence-corrected chi connectivity index (χ0v) is 12.1. The van der Waals surface area contributed by atoms with E-state index in [4.69, 9.17) is 4.74 Å². The largest absolute Gasteiger partial charge is 0.456 e. The molecule has 2 N–H and O–H groups in total. The number of hydrogen-bond donors (Lipinski definition) is 2. The Hall–Kier alpha value is -2.33. The van der Waals surface area contributed by atoms with Crippen molar-refractivity contribution in [1.82, 2.24) is 9.97 Å². The van der Waals surface area contributed by atoms with Crippen LogP contribution in [0.15, 0.2) is 48.8 Å². The maximum Gasteiger partial charge on any atom is 0.145 e. The monoisotopic (exact) mass is 282 g/mol. The summed E-state index contributed by atoms with van der Waals surface area (Å²) in [5, 5.41) is 11.0. The Labute approximate surface area is 123 Å². The number of aliphatic hydroxyl groups is 1. The van der Waals surface area contributed by atoms with Crippen molar-refractivity contribution < 1.29 is 9.84 Å². The van der Waals surface area contributed by atoms with Gasteiger partial charge < -0.3 is 14.8 Å². The second kappa shape index (κ2) is 5.22. The summed E-state index contributed by atoms with van der Waals surface area (Å²) < 4.78 is 5.76. The minimum Gasteiger partial charge on any atom is -0.456 e. The highest BCUT2D eigenvalue weighted by Crippen LogP contribution is 2.26.